The minimum absolute atomic E-state index is 0. The van der Waals surface area contributed by atoms with Gasteiger partial charge in [0.25, 0.3) is 0 Å². The Morgan fingerprint density at radius 1 is 0.950 bits per heavy atom. The molecule has 0 radical (unpaired) electrons. The van der Waals surface area contributed by atoms with Crippen LogP contribution in [-0.4, -0.2) is 19.1 Å². The van der Waals surface area contributed by atoms with E-state index in [1.54, 1.807) is 6.20 Å². The molecule has 0 bridgehead atoms. The van der Waals surface area contributed by atoms with Crippen LogP contribution >= 0.6 is 0 Å². The van der Waals surface area contributed by atoms with Gasteiger partial charge in [0.15, 0.2) is 0 Å². The average Bonchev–Trinajstić information content (AvgIpc) is 3.51. The molecular formula is C33H25N5OPt. The summed E-state index contributed by atoms with van der Waals surface area (Å²) in [6.07, 6.45) is 4.33. The summed E-state index contributed by atoms with van der Waals surface area (Å²) in [6, 6.07) is 27.6. The molecule has 1 aliphatic rings. The quantitative estimate of drug-likeness (QED) is 0.177. The Balaban J connectivity index is 0.00000289. The van der Waals surface area contributed by atoms with E-state index in [1.165, 1.54) is 5.56 Å². The second-order valence-electron chi connectivity index (χ2n) is 10.9. The second kappa shape index (κ2) is 9.77. The molecule has 3 aromatic heterocycles. The van der Waals surface area contributed by atoms with Gasteiger partial charge in [-0.15, -0.1) is 35.2 Å². The third kappa shape index (κ3) is 4.22. The topological polar surface area (TPSA) is 49.2 Å². The number of pyridine rings is 1. The molecule has 6 nitrogen and oxygen atoms in total. The van der Waals surface area contributed by atoms with Crippen LogP contribution in [0.15, 0.2) is 73.1 Å². The largest absolute Gasteiger partial charge is 2.00 e. The van der Waals surface area contributed by atoms with Crippen molar-refractivity contribution in [3.8, 4) is 28.7 Å². The summed E-state index contributed by atoms with van der Waals surface area (Å²) in [6.45, 7) is 14.8. The van der Waals surface area contributed by atoms with Crippen molar-refractivity contribution >= 4 is 27.6 Å². The Kier molecular flexibility index (Phi) is 6.36. The second-order valence-corrected chi connectivity index (χ2v) is 10.9. The third-order valence-corrected chi connectivity index (χ3v) is 7.40. The van der Waals surface area contributed by atoms with Crippen molar-refractivity contribution in [2.45, 2.75) is 39.2 Å². The monoisotopic (exact) mass is 702 g/mol. The summed E-state index contributed by atoms with van der Waals surface area (Å²) in [5.74, 6) is 3.34. The summed E-state index contributed by atoms with van der Waals surface area (Å²) < 4.78 is 10.4. The normalized spacial score (nSPS) is 12.4. The number of aromatic nitrogens is 4. The van der Waals surface area contributed by atoms with Crippen molar-refractivity contribution in [3.05, 3.63) is 108 Å². The molecule has 0 fully saturated rings. The maximum absolute atomic E-state index is 7.42. The standard InChI is InChI=1S/C33H25N5O.Pt/c1-33(2,3)22-13-15-35-30(17-22)38-28-8-6-5-7-25(28)26-12-11-24(19-29(26)38)39-23-10-9-21-14-16-37-31(34-4)20-36-32(37)27(21)18-23;/h5-13,15,17,20H,14,16H2,1-3H3;/q-2;+2. The average molecular weight is 703 g/mol. The SMILES string of the molecule is [C-]#[N+]c1cnc2n1CCc1ccc(Oc3[c-]c4c(cc3)c3ccccc3n4-c3cc(C(C)(C)C)ccn3)[c-]c1-2.[Pt+2]. The molecule has 7 rings (SSSR count). The Morgan fingerprint density at radius 3 is 2.58 bits per heavy atom. The number of aryl methyl sites for hydroxylation is 1. The van der Waals surface area contributed by atoms with E-state index < -0.39 is 0 Å². The molecule has 1 aliphatic heterocycles. The summed E-state index contributed by atoms with van der Waals surface area (Å²) in [7, 11) is 0. The summed E-state index contributed by atoms with van der Waals surface area (Å²) >= 11 is 0. The zero-order chi connectivity index (χ0) is 26.7. The van der Waals surface area contributed by atoms with E-state index in [0.717, 1.165) is 57.5 Å². The first-order valence-corrected chi connectivity index (χ1v) is 13.0. The number of ether oxygens (including phenoxy) is 1. The van der Waals surface area contributed by atoms with Crippen molar-refractivity contribution in [2.24, 2.45) is 0 Å². The van der Waals surface area contributed by atoms with Gasteiger partial charge in [-0.05, 0) is 41.0 Å². The van der Waals surface area contributed by atoms with Gasteiger partial charge in [-0.25, -0.2) is 4.98 Å². The van der Waals surface area contributed by atoms with Gasteiger partial charge in [0.2, 0.25) is 5.82 Å². The van der Waals surface area contributed by atoms with Crippen LogP contribution < -0.4 is 4.74 Å². The van der Waals surface area contributed by atoms with Gasteiger partial charge in [0.1, 0.15) is 11.6 Å². The fourth-order valence-electron chi connectivity index (χ4n) is 5.38. The number of hydrogen-bond donors (Lipinski definition) is 0. The van der Waals surface area contributed by atoms with Crippen molar-refractivity contribution in [1.29, 1.82) is 0 Å². The number of nitrogens with zero attached hydrogens (tertiary/aromatic N) is 5. The smallest absolute Gasteiger partial charge is 0.503 e. The van der Waals surface area contributed by atoms with Crippen LogP contribution in [0.25, 0.3) is 43.9 Å². The summed E-state index contributed by atoms with van der Waals surface area (Å²) in [5.41, 5.74) is 5.23. The zero-order valence-corrected chi connectivity index (χ0v) is 24.6. The first-order chi connectivity index (χ1) is 18.9. The van der Waals surface area contributed by atoms with Crippen LogP contribution in [0.3, 0.4) is 0 Å². The van der Waals surface area contributed by atoms with Crippen LogP contribution in [0, 0.1) is 18.7 Å². The summed E-state index contributed by atoms with van der Waals surface area (Å²) in [4.78, 5) is 12.8. The molecule has 0 aliphatic carbocycles. The maximum Gasteiger partial charge on any atom is 2.00 e. The molecule has 0 spiro atoms. The van der Waals surface area contributed by atoms with E-state index in [-0.39, 0.29) is 26.5 Å². The fraction of sp³-hybridized carbons (Fsp3) is 0.182. The maximum atomic E-state index is 7.42. The number of para-hydroxylation sites is 1. The predicted octanol–water partition coefficient (Wildman–Crippen LogP) is 7.84. The Morgan fingerprint density at radius 2 is 1.75 bits per heavy atom. The fourth-order valence-corrected chi connectivity index (χ4v) is 5.38. The first-order valence-electron chi connectivity index (χ1n) is 13.0. The zero-order valence-electron chi connectivity index (χ0n) is 22.3. The molecule has 0 unspecified atom stereocenters. The van der Waals surface area contributed by atoms with Gasteiger partial charge in [-0.2, -0.15) is 6.07 Å². The molecule has 0 amide bonds. The van der Waals surface area contributed by atoms with Crippen LogP contribution in [0.2, 0.25) is 0 Å². The minimum atomic E-state index is 0. The van der Waals surface area contributed by atoms with Crippen LogP contribution in [0.1, 0.15) is 31.9 Å². The van der Waals surface area contributed by atoms with Gasteiger partial charge in [-0.1, -0.05) is 62.7 Å². The number of benzene rings is 3. The Labute approximate surface area is 247 Å². The van der Waals surface area contributed by atoms with E-state index in [0.29, 0.717) is 17.3 Å². The molecule has 4 heterocycles. The van der Waals surface area contributed by atoms with Gasteiger partial charge >= 0.3 is 21.1 Å². The summed E-state index contributed by atoms with van der Waals surface area (Å²) in [5, 5.41) is 2.23. The molecule has 7 heteroatoms. The van der Waals surface area contributed by atoms with Crippen molar-refractivity contribution in [2.75, 3.05) is 0 Å². The van der Waals surface area contributed by atoms with Crippen molar-refractivity contribution < 1.29 is 25.8 Å². The van der Waals surface area contributed by atoms with E-state index in [1.807, 2.05) is 29.0 Å². The van der Waals surface area contributed by atoms with Crippen LogP contribution in [0.5, 0.6) is 11.5 Å². The van der Waals surface area contributed by atoms with Crippen molar-refractivity contribution in [1.82, 2.24) is 19.1 Å². The first kappa shape index (κ1) is 26.0. The molecule has 0 N–H and O–H groups in total. The molecule has 6 aromatic rings. The van der Waals surface area contributed by atoms with Gasteiger partial charge in [-0.3, -0.25) is 4.98 Å². The molecule has 0 saturated heterocycles. The van der Waals surface area contributed by atoms with E-state index in [4.69, 9.17) is 16.3 Å². The van der Waals surface area contributed by atoms with Gasteiger partial charge in [0.05, 0.1) is 6.54 Å². The molecule has 198 valence electrons. The van der Waals surface area contributed by atoms with E-state index in [2.05, 4.69) is 89.8 Å². The number of rotatable bonds is 3. The number of fused-ring (bicyclic) bond motifs is 6. The molecule has 0 saturated carbocycles. The molecule has 0 atom stereocenters. The van der Waals surface area contributed by atoms with Crippen LogP contribution in [0.4, 0.5) is 5.82 Å². The van der Waals surface area contributed by atoms with Crippen molar-refractivity contribution in [3.63, 3.8) is 0 Å². The third-order valence-electron chi connectivity index (χ3n) is 7.40. The minimum Gasteiger partial charge on any atom is -0.503 e. The number of hydrogen-bond acceptors (Lipinski definition) is 3. The molecule has 40 heavy (non-hydrogen) atoms. The van der Waals surface area contributed by atoms with Crippen LogP contribution in [-0.2, 0) is 39.4 Å². The Bertz CT molecular complexity index is 1950. The number of imidazole rings is 1. The molecular weight excluding hydrogens is 677 g/mol. The Hall–Kier alpha value is -4.20. The van der Waals surface area contributed by atoms with Gasteiger partial charge in [0, 0.05) is 29.4 Å². The molecule has 3 aromatic carbocycles. The van der Waals surface area contributed by atoms with Gasteiger partial charge < -0.3 is 18.7 Å². The predicted molar refractivity (Wildman–Crippen MR) is 153 cm³/mol. The van der Waals surface area contributed by atoms with E-state index >= 15 is 0 Å². The van der Waals surface area contributed by atoms with E-state index in [9.17, 15) is 0 Å².